The van der Waals surface area contributed by atoms with Crippen LogP contribution >= 0.6 is 35.0 Å². The molecule has 0 bridgehead atoms. The fourth-order valence-electron chi connectivity index (χ4n) is 1.75. The minimum absolute atomic E-state index is 0.0669. The van der Waals surface area contributed by atoms with Gasteiger partial charge in [0, 0.05) is 11.6 Å². The van der Waals surface area contributed by atoms with E-state index < -0.39 is 0 Å². The molecule has 0 spiro atoms. The third kappa shape index (κ3) is 1.88. The summed E-state index contributed by atoms with van der Waals surface area (Å²) < 4.78 is 5.62. The number of ether oxygens (including phenoxy) is 1. The highest BCUT2D eigenvalue weighted by Crippen LogP contribution is 2.37. The molecule has 7 heteroatoms. The second kappa shape index (κ2) is 4.08. The molecular formula is C10H7Cl2N3OS. The molecule has 2 heterocycles. The Morgan fingerprint density at radius 3 is 2.88 bits per heavy atom. The molecule has 88 valence electrons. The van der Waals surface area contributed by atoms with Gasteiger partial charge in [-0.1, -0.05) is 35.0 Å². The summed E-state index contributed by atoms with van der Waals surface area (Å²) in [6, 6.07) is 3.45. The van der Waals surface area contributed by atoms with Crippen molar-refractivity contribution in [1.29, 1.82) is 0 Å². The number of hydrogen-bond donors (Lipinski definition) is 1. The Balaban J connectivity index is 2.15. The Morgan fingerprint density at radius 1 is 1.29 bits per heavy atom. The monoisotopic (exact) mass is 287 g/mol. The van der Waals surface area contributed by atoms with E-state index in [4.69, 9.17) is 33.7 Å². The molecule has 17 heavy (non-hydrogen) atoms. The van der Waals surface area contributed by atoms with Gasteiger partial charge in [0.2, 0.25) is 0 Å². The van der Waals surface area contributed by atoms with Gasteiger partial charge in [-0.05, 0) is 6.07 Å². The lowest BCUT2D eigenvalue weighted by molar-refractivity contribution is 0.324. The average molecular weight is 288 g/mol. The van der Waals surface area contributed by atoms with Gasteiger partial charge in [-0.3, -0.25) is 0 Å². The summed E-state index contributed by atoms with van der Waals surface area (Å²) in [5.41, 5.74) is 7.29. The van der Waals surface area contributed by atoms with Crippen LogP contribution in [0.4, 0.5) is 0 Å². The summed E-state index contributed by atoms with van der Waals surface area (Å²) in [7, 11) is 0. The predicted molar refractivity (Wildman–Crippen MR) is 71.5 cm³/mol. The smallest absolute Gasteiger partial charge is 0.181 e. The topological polar surface area (TPSA) is 60.0 Å². The van der Waals surface area contributed by atoms with Crippen molar-refractivity contribution in [3.05, 3.63) is 27.7 Å². The molecule has 1 aromatic carbocycles. The van der Waals surface area contributed by atoms with Crippen LogP contribution < -0.4 is 10.5 Å². The van der Waals surface area contributed by atoms with Crippen molar-refractivity contribution in [2.45, 2.75) is 5.25 Å². The first-order valence-corrected chi connectivity index (χ1v) is 6.48. The zero-order valence-electron chi connectivity index (χ0n) is 8.48. The first-order chi connectivity index (χ1) is 8.15. The first-order valence-electron chi connectivity index (χ1n) is 4.85. The molecule has 0 fully saturated rings. The van der Waals surface area contributed by atoms with Crippen LogP contribution in [-0.4, -0.2) is 22.7 Å². The van der Waals surface area contributed by atoms with Crippen molar-refractivity contribution < 1.29 is 4.74 Å². The molecule has 0 saturated carbocycles. The predicted octanol–water partition coefficient (Wildman–Crippen LogP) is 2.52. The summed E-state index contributed by atoms with van der Waals surface area (Å²) in [4.78, 5) is 0. The highest BCUT2D eigenvalue weighted by atomic mass is 35.5. The highest BCUT2D eigenvalue weighted by molar-refractivity contribution is 8.15. The second-order valence-corrected chi connectivity index (χ2v) is 5.64. The molecule has 2 aliphatic heterocycles. The average Bonchev–Trinajstić information content (AvgIpc) is 2.30. The van der Waals surface area contributed by atoms with Gasteiger partial charge in [-0.15, -0.1) is 5.10 Å². The van der Waals surface area contributed by atoms with Crippen LogP contribution in [0.3, 0.4) is 0 Å². The third-order valence-corrected chi connectivity index (χ3v) is 4.20. The largest absolute Gasteiger partial charge is 0.491 e. The van der Waals surface area contributed by atoms with Gasteiger partial charge in [0.15, 0.2) is 5.17 Å². The number of amidine groups is 1. The van der Waals surface area contributed by atoms with Crippen molar-refractivity contribution in [2.24, 2.45) is 15.9 Å². The molecule has 3 rings (SSSR count). The fraction of sp³-hybridized carbons (Fsp3) is 0.200. The summed E-state index contributed by atoms with van der Waals surface area (Å²) in [5, 5.41) is 9.46. The van der Waals surface area contributed by atoms with Crippen molar-refractivity contribution in [2.75, 3.05) is 6.61 Å². The lowest BCUT2D eigenvalue weighted by Crippen LogP contribution is -2.35. The highest BCUT2D eigenvalue weighted by Gasteiger charge is 2.31. The number of hydrogen-bond acceptors (Lipinski definition) is 5. The minimum Gasteiger partial charge on any atom is -0.491 e. The van der Waals surface area contributed by atoms with E-state index in [2.05, 4.69) is 10.2 Å². The minimum atomic E-state index is 0.0669. The quantitative estimate of drug-likeness (QED) is 0.798. The number of nitrogens with two attached hydrogens (primary N) is 1. The molecule has 1 aromatic rings. The Labute approximate surface area is 112 Å². The SMILES string of the molecule is NC1=NN=C2c3cc(Cl)c(Cl)cc3OCC2S1. The molecule has 0 radical (unpaired) electrons. The van der Waals surface area contributed by atoms with E-state index in [0.29, 0.717) is 27.6 Å². The van der Waals surface area contributed by atoms with Crippen LogP contribution in [0, 0.1) is 0 Å². The number of fused-ring (bicyclic) bond motifs is 3. The Hall–Kier alpha value is -0.910. The van der Waals surface area contributed by atoms with Crippen molar-refractivity contribution in [3.63, 3.8) is 0 Å². The molecule has 0 aromatic heterocycles. The summed E-state index contributed by atoms with van der Waals surface area (Å²) in [5.74, 6) is 0.686. The maximum atomic E-state index is 6.00. The van der Waals surface area contributed by atoms with Crippen LogP contribution in [0.5, 0.6) is 5.75 Å². The van der Waals surface area contributed by atoms with Crippen molar-refractivity contribution >= 4 is 45.8 Å². The summed E-state index contributed by atoms with van der Waals surface area (Å²) >= 11 is 13.4. The van der Waals surface area contributed by atoms with Crippen molar-refractivity contribution in [1.82, 2.24) is 0 Å². The Kier molecular flexibility index (Phi) is 2.69. The second-order valence-electron chi connectivity index (χ2n) is 3.60. The van der Waals surface area contributed by atoms with Crippen LogP contribution in [0.2, 0.25) is 10.0 Å². The van der Waals surface area contributed by atoms with Crippen LogP contribution in [-0.2, 0) is 0 Å². The van der Waals surface area contributed by atoms with Gasteiger partial charge in [-0.2, -0.15) is 5.10 Å². The Bertz CT molecular complexity index is 559. The molecule has 0 saturated heterocycles. The van der Waals surface area contributed by atoms with E-state index in [1.54, 1.807) is 12.1 Å². The van der Waals surface area contributed by atoms with Gasteiger partial charge in [0.1, 0.15) is 12.4 Å². The van der Waals surface area contributed by atoms with Crippen LogP contribution in [0.1, 0.15) is 5.56 Å². The third-order valence-electron chi connectivity index (χ3n) is 2.51. The van der Waals surface area contributed by atoms with Gasteiger partial charge < -0.3 is 10.5 Å². The van der Waals surface area contributed by atoms with Gasteiger partial charge in [0.05, 0.1) is 21.0 Å². The fourth-order valence-corrected chi connectivity index (χ4v) is 2.87. The van der Waals surface area contributed by atoms with Crippen molar-refractivity contribution in [3.8, 4) is 5.75 Å². The van der Waals surface area contributed by atoms with Crippen LogP contribution in [0.25, 0.3) is 0 Å². The van der Waals surface area contributed by atoms with E-state index in [9.17, 15) is 0 Å². The molecule has 0 amide bonds. The zero-order valence-corrected chi connectivity index (χ0v) is 10.8. The Morgan fingerprint density at radius 2 is 2.06 bits per heavy atom. The number of rotatable bonds is 0. The number of nitrogens with zero attached hydrogens (tertiary/aromatic N) is 2. The molecule has 0 aliphatic carbocycles. The van der Waals surface area contributed by atoms with E-state index in [1.165, 1.54) is 11.8 Å². The molecule has 4 nitrogen and oxygen atoms in total. The number of halogens is 2. The van der Waals surface area contributed by atoms with Gasteiger partial charge in [0.25, 0.3) is 0 Å². The van der Waals surface area contributed by atoms with Gasteiger partial charge in [-0.25, -0.2) is 0 Å². The standard InChI is InChI=1S/C10H7Cl2N3OS/c11-5-1-4-7(2-6(5)12)16-3-8-9(4)14-15-10(13)17-8/h1-2,8H,3H2,(H2,13,15). The molecular weight excluding hydrogens is 281 g/mol. The molecule has 1 unspecified atom stereocenters. The normalized spacial score (nSPS) is 21.9. The van der Waals surface area contributed by atoms with Crippen LogP contribution in [0.15, 0.2) is 22.3 Å². The summed E-state index contributed by atoms with van der Waals surface area (Å²) in [6.45, 7) is 0.505. The number of thioether (sulfide) groups is 1. The van der Waals surface area contributed by atoms with E-state index in [1.807, 2.05) is 0 Å². The van der Waals surface area contributed by atoms with Gasteiger partial charge >= 0.3 is 0 Å². The lowest BCUT2D eigenvalue weighted by Gasteiger charge is -2.27. The first kappa shape index (κ1) is 11.2. The summed E-state index contributed by atoms with van der Waals surface area (Å²) in [6.07, 6.45) is 0. The van der Waals surface area contributed by atoms with E-state index in [0.717, 1.165) is 11.3 Å². The van der Waals surface area contributed by atoms with E-state index in [-0.39, 0.29) is 5.25 Å². The number of benzene rings is 1. The zero-order chi connectivity index (χ0) is 12.0. The molecule has 2 N–H and O–H groups in total. The molecule has 2 aliphatic rings. The maximum absolute atomic E-state index is 6.00. The molecule has 1 atom stereocenters. The maximum Gasteiger partial charge on any atom is 0.181 e. The lowest BCUT2D eigenvalue weighted by atomic mass is 10.0. The van der Waals surface area contributed by atoms with E-state index >= 15 is 0 Å².